The van der Waals surface area contributed by atoms with Crippen molar-refractivity contribution in [1.82, 2.24) is 15.3 Å². The maximum atomic E-state index is 4.78. The van der Waals surface area contributed by atoms with E-state index >= 15 is 0 Å². The molecular formula is C15H25N3S. The quantitative estimate of drug-likeness (QED) is 0.915. The Hall–Kier alpha value is -0.610. The van der Waals surface area contributed by atoms with Crippen molar-refractivity contribution in [1.29, 1.82) is 0 Å². The summed E-state index contributed by atoms with van der Waals surface area (Å²) in [5.74, 6) is 1.89. The Balaban J connectivity index is 2.10. The van der Waals surface area contributed by atoms with Crippen LogP contribution in [0.15, 0.2) is 6.20 Å². The number of nitrogens with zero attached hydrogens (tertiary/aromatic N) is 2. The van der Waals surface area contributed by atoms with Crippen molar-refractivity contribution in [3.05, 3.63) is 23.3 Å². The average Bonchev–Trinajstić information content (AvgIpc) is 2.36. The normalized spacial score (nSPS) is 19.3. The largest absolute Gasteiger partial charge is 0.310 e. The smallest absolute Gasteiger partial charge is 0.138 e. The van der Waals surface area contributed by atoms with Gasteiger partial charge in [-0.05, 0) is 25.8 Å². The molecule has 106 valence electrons. The Kier molecular flexibility index (Phi) is 4.85. The van der Waals surface area contributed by atoms with E-state index in [-0.39, 0.29) is 4.75 Å². The molecule has 0 aromatic carbocycles. The SMILES string of the molecule is CCNC1CCCc2nc(CSC(C)(C)C)ncc21. The Bertz CT molecular complexity index is 426. The van der Waals surface area contributed by atoms with Crippen LogP contribution in [0.4, 0.5) is 0 Å². The maximum Gasteiger partial charge on any atom is 0.138 e. The highest BCUT2D eigenvalue weighted by atomic mass is 32.2. The third-order valence-electron chi connectivity index (χ3n) is 3.32. The zero-order valence-corrected chi connectivity index (χ0v) is 13.3. The predicted molar refractivity (Wildman–Crippen MR) is 82.4 cm³/mol. The second-order valence-corrected chi connectivity index (χ2v) is 7.89. The van der Waals surface area contributed by atoms with Crippen LogP contribution in [-0.2, 0) is 12.2 Å². The van der Waals surface area contributed by atoms with E-state index in [4.69, 9.17) is 4.98 Å². The first-order valence-corrected chi connectivity index (χ1v) is 8.20. The van der Waals surface area contributed by atoms with Gasteiger partial charge >= 0.3 is 0 Å². The summed E-state index contributed by atoms with van der Waals surface area (Å²) in [6.45, 7) is 9.86. The lowest BCUT2D eigenvalue weighted by atomic mass is 9.92. The lowest BCUT2D eigenvalue weighted by molar-refractivity contribution is 0.463. The molecule has 3 nitrogen and oxygen atoms in total. The van der Waals surface area contributed by atoms with Gasteiger partial charge < -0.3 is 5.32 Å². The summed E-state index contributed by atoms with van der Waals surface area (Å²) in [6.07, 6.45) is 5.59. The zero-order chi connectivity index (χ0) is 13.9. The highest BCUT2D eigenvalue weighted by Gasteiger charge is 2.21. The Labute approximate surface area is 121 Å². The Morgan fingerprint density at radius 2 is 2.21 bits per heavy atom. The van der Waals surface area contributed by atoms with Crippen molar-refractivity contribution in [3.63, 3.8) is 0 Å². The van der Waals surface area contributed by atoms with E-state index in [1.165, 1.54) is 24.1 Å². The number of hydrogen-bond acceptors (Lipinski definition) is 4. The standard InChI is InChI=1S/C15H25N3S/c1-5-16-12-7-6-8-13-11(12)9-17-14(18-13)10-19-15(2,3)4/h9,12,16H,5-8,10H2,1-4H3. The van der Waals surface area contributed by atoms with Crippen molar-refractivity contribution in [2.75, 3.05) is 6.54 Å². The summed E-state index contributed by atoms with van der Waals surface area (Å²) in [7, 11) is 0. The maximum absolute atomic E-state index is 4.78. The minimum atomic E-state index is 0.269. The van der Waals surface area contributed by atoms with Crippen LogP contribution in [0.25, 0.3) is 0 Å². The molecule has 0 saturated heterocycles. The number of hydrogen-bond donors (Lipinski definition) is 1. The van der Waals surface area contributed by atoms with Crippen LogP contribution in [-0.4, -0.2) is 21.3 Å². The highest BCUT2D eigenvalue weighted by Crippen LogP contribution is 2.30. The van der Waals surface area contributed by atoms with E-state index in [1.54, 1.807) is 0 Å². The molecule has 0 bridgehead atoms. The second-order valence-electron chi connectivity index (χ2n) is 6.09. The topological polar surface area (TPSA) is 37.8 Å². The van der Waals surface area contributed by atoms with Gasteiger partial charge in [0.1, 0.15) is 5.82 Å². The van der Waals surface area contributed by atoms with E-state index < -0.39 is 0 Å². The molecule has 4 heteroatoms. The molecule has 0 spiro atoms. The summed E-state index contributed by atoms with van der Waals surface area (Å²) in [4.78, 5) is 9.33. The minimum absolute atomic E-state index is 0.269. The number of nitrogens with one attached hydrogen (secondary N) is 1. The van der Waals surface area contributed by atoms with Crippen LogP contribution in [0.1, 0.15) is 63.7 Å². The van der Waals surface area contributed by atoms with Gasteiger partial charge in [-0.15, -0.1) is 11.8 Å². The van der Waals surface area contributed by atoms with E-state index in [1.807, 2.05) is 18.0 Å². The Morgan fingerprint density at radius 3 is 2.89 bits per heavy atom. The monoisotopic (exact) mass is 279 g/mol. The van der Waals surface area contributed by atoms with Crippen LogP contribution >= 0.6 is 11.8 Å². The molecule has 1 unspecified atom stereocenters. The summed E-state index contributed by atoms with van der Waals surface area (Å²) < 4.78 is 0.269. The molecule has 0 amide bonds. The van der Waals surface area contributed by atoms with Crippen LogP contribution in [0.3, 0.4) is 0 Å². The van der Waals surface area contributed by atoms with Gasteiger partial charge in [0.05, 0.1) is 5.75 Å². The molecule has 0 aliphatic heterocycles. The molecule has 1 aromatic heterocycles. The first-order valence-electron chi connectivity index (χ1n) is 7.21. The van der Waals surface area contributed by atoms with Crippen LogP contribution in [0, 0.1) is 0 Å². The molecular weight excluding hydrogens is 254 g/mol. The van der Waals surface area contributed by atoms with E-state index in [9.17, 15) is 0 Å². The summed E-state index contributed by atoms with van der Waals surface area (Å²) >= 11 is 1.91. The third kappa shape index (κ3) is 4.18. The lowest BCUT2D eigenvalue weighted by Crippen LogP contribution is -2.26. The molecule has 1 heterocycles. The van der Waals surface area contributed by atoms with Crippen molar-refractivity contribution in [3.8, 4) is 0 Å². The second kappa shape index (κ2) is 6.23. The predicted octanol–water partition coefficient (Wildman–Crippen LogP) is 3.50. The molecule has 19 heavy (non-hydrogen) atoms. The fourth-order valence-corrected chi connectivity index (χ4v) is 3.10. The summed E-state index contributed by atoms with van der Waals surface area (Å²) in [6, 6.07) is 0.457. The third-order valence-corrected chi connectivity index (χ3v) is 4.59. The van der Waals surface area contributed by atoms with Gasteiger partial charge in [-0.25, -0.2) is 9.97 Å². The van der Waals surface area contributed by atoms with Gasteiger partial charge in [-0.3, -0.25) is 0 Å². The van der Waals surface area contributed by atoms with Gasteiger partial charge in [-0.1, -0.05) is 27.7 Å². The first kappa shape index (κ1) is 14.8. The first-order chi connectivity index (χ1) is 8.99. The average molecular weight is 279 g/mol. The molecule has 1 atom stereocenters. The molecule has 1 aliphatic carbocycles. The van der Waals surface area contributed by atoms with Gasteiger partial charge in [0.15, 0.2) is 0 Å². The van der Waals surface area contributed by atoms with E-state index in [2.05, 4.69) is 38.0 Å². The molecule has 0 radical (unpaired) electrons. The lowest BCUT2D eigenvalue weighted by Gasteiger charge is -2.25. The fourth-order valence-electron chi connectivity index (χ4n) is 2.40. The number of aromatic nitrogens is 2. The van der Waals surface area contributed by atoms with Crippen molar-refractivity contribution in [2.45, 2.75) is 63.5 Å². The number of rotatable bonds is 4. The highest BCUT2D eigenvalue weighted by molar-refractivity contribution is 7.99. The molecule has 0 fully saturated rings. The molecule has 1 aromatic rings. The van der Waals surface area contributed by atoms with Crippen molar-refractivity contribution in [2.24, 2.45) is 0 Å². The Morgan fingerprint density at radius 1 is 1.42 bits per heavy atom. The van der Waals surface area contributed by atoms with E-state index in [0.29, 0.717) is 6.04 Å². The number of thioether (sulfide) groups is 1. The van der Waals surface area contributed by atoms with Crippen molar-refractivity contribution >= 4 is 11.8 Å². The number of aryl methyl sites for hydroxylation is 1. The number of fused-ring (bicyclic) bond motifs is 1. The van der Waals surface area contributed by atoms with E-state index in [0.717, 1.165) is 24.5 Å². The van der Waals surface area contributed by atoms with Crippen LogP contribution < -0.4 is 5.32 Å². The molecule has 1 N–H and O–H groups in total. The summed E-state index contributed by atoms with van der Waals surface area (Å²) in [5.41, 5.74) is 2.58. The fraction of sp³-hybridized carbons (Fsp3) is 0.733. The van der Waals surface area contributed by atoms with Gasteiger partial charge in [-0.2, -0.15) is 0 Å². The van der Waals surface area contributed by atoms with Gasteiger partial charge in [0.25, 0.3) is 0 Å². The van der Waals surface area contributed by atoms with Crippen molar-refractivity contribution < 1.29 is 0 Å². The molecule has 1 aliphatic rings. The molecule has 2 rings (SSSR count). The van der Waals surface area contributed by atoms with Crippen LogP contribution in [0.5, 0.6) is 0 Å². The van der Waals surface area contributed by atoms with Gasteiger partial charge in [0.2, 0.25) is 0 Å². The zero-order valence-electron chi connectivity index (χ0n) is 12.5. The minimum Gasteiger partial charge on any atom is -0.310 e. The van der Waals surface area contributed by atoms with Crippen LogP contribution in [0.2, 0.25) is 0 Å². The summed E-state index contributed by atoms with van der Waals surface area (Å²) in [5, 5.41) is 3.53. The molecule has 0 saturated carbocycles. The van der Waals surface area contributed by atoms with Gasteiger partial charge in [0, 0.05) is 28.2 Å².